The van der Waals surface area contributed by atoms with Gasteiger partial charge in [-0.1, -0.05) is 60.7 Å². The molecule has 0 radical (unpaired) electrons. The van der Waals surface area contributed by atoms with Crippen molar-refractivity contribution in [3.63, 3.8) is 0 Å². The van der Waals surface area contributed by atoms with Crippen LogP contribution in [-0.2, 0) is 13.0 Å². The molecule has 1 spiro atoms. The van der Waals surface area contributed by atoms with Crippen LogP contribution in [0.25, 0.3) is 0 Å². The summed E-state index contributed by atoms with van der Waals surface area (Å²) in [5.41, 5.74) is 3.04. The first-order valence-electron chi connectivity index (χ1n) is 10.7. The number of fused-ring (bicyclic) bond motifs is 2. The average Bonchev–Trinajstić information content (AvgIpc) is 3.06. The molecule has 0 amide bonds. The van der Waals surface area contributed by atoms with Gasteiger partial charge in [0, 0.05) is 51.9 Å². The molecular weight excluding hydrogens is 346 g/mol. The second-order valence-corrected chi connectivity index (χ2v) is 9.02. The Labute approximate surface area is 168 Å². The molecule has 3 aliphatic heterocycles. The molecule has 0 saturated carbocycles. The van der Waals surface area contributed by atoms with Crippen molar-refractivity contribution in [1.29, 1.82) is 0 Å². The molecule has 148 valence electrons. The van der Waals surface area contributed by atoms with Gasteiger partial charge < -0.3 is 5.11 Å². The van der Waals surface area contributed by atoms with E-state index in [0.29, 0.717) is 6.04 Å². The van der Waals surface area contributed by atoms with E-state index in [1.54, 1.807) is 0 Å². The van der Waals surface area contributed by atoms with Crippen LogP contribution in [0.15, 0.2) is 60.7 Å². The SMILES string of the molecule is OC1CC2CN(Cc3ccccc3)CC3(CN(CCc4ccccc4)C3)N2C1. The highest BCUT2D eigenvalue weighted by Gasteiger charge is 2.55. The number of aliphatic hydroxyl groups is 1. The zero-order valence-corrected chi connectivity index (χ0v) is 16.6. The second kappa shape index (κ2) is 7.60. The Morgan fingerprint density at radius 2 is 1.46 bits per heavy atom. The van der Waals surface area contributed by atoms with Gasteiger partial charge >= 0.3 is 0 Å². The molecule has 3 fully saturated rings. The fourth-order valence-corrected chi connectivity index (χ4v) is 5.64. The van der Waals surface area contributed by atoms with Crippen LogP contribution in [0, 0.1) is 0 Å². The molecule has 2 aromatic carbocycles. The van der Waals surface area contributed by atoms with Gasteiger partial charge in [-0.2, -0.15) is 0 Å². The predicted molar refractivity (Wildman–Crippen MR) is 112 cm³/mol. The van der Waals surface area contributed by atoms with E-state index < -0.39 is 0 Å². The molecule has 2 atom stereocenters. The number of benzene rings is 2. The van der Waals surface area contributed by atoms with Crippen LogP contribution < -0.4 is 0 Å². The van der Waals surface area contributed by atoms with Crippen LogP contribution in [0.5, 0.6) is 0 Å². The highest BCUT2D eigenvalue weighted by Crippen LogP contribution is 2.39. The maximum atomic E-state index is 10.3. The molecule has 2 unspecified atom stereocenters. The number of hydrogen-bond acceptors (Lipinski definition) is 4. The van der Waals surface area contributed by atoms with Crippen LogP contribution in [0.1, 0.15) is 17.5 Å². The van der Waals surface area contributed by atoms with Gasteiger partial charge in [0.05, 0.1) is 11.6 Å². The third kappa shape index (κ3) is 3.62. The van der Waals surface area contributed by atoms with E-state index >= 15 is 0 Å². The topological polar surface area (TPSA) is 30.0 Å². The Bertz CT molecular complexity index is 775. The minimum atomic E-state index is -0.156. The van der Waals surface area contributed by atoms with Crippen LogP contribution in [0.4, 0.5) is 0 Å². The van der Waals surface area contributed by atoms with Crippen LogP contribution in [0.3, 0.4) is 0 Å². The second-order valence-electron chi connectivity index (χ2n) is 9.02. The standard InChI is InChI=1S/C24H31N3O/c28-23-13-22-15-26(14-21-9-5-2-6-10-21)19-24(27(22)16-23)17-25(18-24)12-11-20-7-3-1-4-8-20/h1-10,22-23,28H,11-19H2. The molecule has 4 nitrogen and oxygen atoms in total. The van der Waals surface area contributed by atoms with Crippen molar-refractivity contribution < 1.29 is 5.11 Å². The Hall–Kier alpha value is -1.72. The van der Waals surface area contributed by atoms with Crippen molar-refractivity contribution in [2.75, 3.05) is 39.3 Å². The molecule has 0 aliphatic carbocycles. The van der Waals surface area contributed by atoms with Gasteiger partial charge in [-0.25, -0.2) is 0 Å². The van der Waals surface area contributed by atoms with Crippen molar-refractivity contribution >= 4 is 0 Å². The van der Waals surface area contributed by atoms with Crippen molar-refractivity contribution in [2.24, 2.45) is 0 Å². The summed E-state index contributed by atoms with van der Waals surface area (Å²) in [4.78, 5) is 7.88. The Kier molecular flexibility index (Phi) is 4.97. The lowest BCUT2D eigenvalue weighted by Crippen LogP contribution is -2.78. The van der Waals surface area contributed by atoms with Crippen LogP contribution >= 0.6 is 0 Å². The lowest BCUT2D eigenvalue weighted by molar-refractivity contribution is -0.114. The normalized spacial score (nSPS) is 27.6. The lowest BCUT2D eigenvalue weighted by Gasteiger charge is -2.61. The van der Waals surface area contributed by atoms with Crippen molar-refractivity contribution in [3.8, 4) is 0 Å². The Morgan fingerprint density at radius 1 is 0.821 bits per heavy atom. The number of hydrogen-bond donors (Lipinski definition) is 1. The van der Waals surface area contributed by atoms with Gasteiger partial charge in [-0.05, 0) is 24.0 Å². The summed E-state index contributed by atoms with van der Waals surface area (Å²) < 4.78 is 0. The van der Waals surface area contributed by atoms with Gasteiger partial charge in [0.25, 0.3) is 0 Å². The van der Waals surface area contributed by atoms with Crippen LogP contribution in [0.2, 0.25) is 0 Å². The molecule has 0 bridgehead atoms. The monoisotopic (exact) mass is 377 g/mol. The zero-order chi connectivity index (χ0) is 19.0. The summed E-state index contributed by atoms with van der Waals surface area (Å²) in [5.74, 6) is 0. The van der Waals surface area contributed by atoms with E-state index in [-0.39, 0.29) is 11.6 Å². The minimum absolute atomic E-state index is 0.156. The largest absolute Gasteiger partial charge is 0.392 e. The van der Waals surface area contributed by atoms with E-state index in [4.69, 9.17) is 0 Å². The van der Waals surface area contributed by atoms with Gasteiger partial charge in [-0.3, -0.25) is 14.7 Å². The number of β-amino-alcohol motifs (C(OH)–C–C–N with tert-alkyl or cyclic N) is 1. The predicted octanol–water partition coefficient (Wildman–Crippen LogP) is 2.23. The fourth-order valence-electron chi connectivity index (χ4n) is 5.64. The van der Waals surface area contributed by atoms with E-state index in [1.807, 2.05) is 0 Å². The van der Waals surface area contributed by atoms with E-state index in [1.165, 1.54) is 11.1 Å². The highest BCUT2D eigenvalue weighted by molar-refractivity contribution is 5.19. The molecule has 28 heavy (non-hydrogen) atoms. The van der Waals surface area contributed by atoms with Crippen LogP contribution in [-0.4, -0.2) is 76.8 Å². The van der Waals surface area contributed by atoms with Gasteiger partial charge in [0.15, 0.2) is 0 Å². The molecule has 3 aliphatic rings. The number of nitrogens with zero attached hydrogens (tertiary/aromatic N) is 3. The lowest BCUT2D eigenvalue weighted by atomic mass is 9.83. The van der Waals surface area contributed by atoms with Gasteiger partial charge in [-0.15, -0.1) is 0 Å². The first kappa shape index (κ1) is 18.3. The quantitative estimate of drug-likeness (QED) is 0.866. The number of piperazine rings is 1. The Morgan fingerprint density at radius 3 is 2.18 bits per heavy atom. The molecule has 3 saturated heterocycles. The number of rotatable bonds is 5. The van der Waals surface area contributed by atoms with E-state index in [0.717, 1.165) is 58.7 Å². The molecule has 5 rings (SSSR count). The maximum Gasteiger partial charge on any atom is 0.0682 e. The highest BCUT2D eigenvalue weighted by atomic mass is 16.3. The van der Waals surface area contributed by atoms with E-state index in [9.17, 15) is 5.11 Å². The number of likely N-dealkylation sites (tertiary alicyclic amines) is 1. The van der Waals surface area contributed by atoms with Crippen molar-refractivity contribution in [3.05, 3.63) is 71.8 Å². The summed E-state index contributed by atoms with van der Waals surface area (Å²) in [6.07, 6.45) is 1.89. The molecule has 3 heterocycles. The van der Waals surface area contributed by atoms with Gasteiger partial charge in [0.2, 0.25) is 0 Å². The minimum Gasteiger partial charge on any atom is -0.392 e. The third-order valence-electron chi connectivity index (χ3n) is 6.83. The maximum absolute atomic E-state index is 10.3. The third-order valence-corrected chi connectivity index (χ3v) is 6.83. The summed E-state index contributed by atoms with van der Waals surface area (Å²) in [7, 11) is 0. The van der Waals surface area contributed by atoms with Crippen molar-refractivity contribution in [2.45, 2.75) is 37.1 Å². The smallest absolute Gasteiger partial charge is 0.0682 e. The fraction of sp³-hybridized carbons (Fsp3) is 0.500. The summed E-state index contributed by atoms with van der Waals surface area (Å²) in [6, 6.07) is 22.1. The summed E-state index contributed by atoms with van der Waals surface area (Å²) >= 11 is 0. The molecule has 0 aromatic heterocycles. The van der Waals surface area contributed by atoms with Gasteiger partial charge in [0.1, 0.15) is 0 Å². The first-order valence-corrected chi connectivity index (χ1v) is 10.7. The van der Waals surface area contributed by atoms with Crippen molar-refractivity contribution in [1.82, 2.24) is 14.7 Å². The molecular formula is C24H31N3O. The average molecular weight is 378 g/mol. The molecule has 1 N–H and O–H groups in total. The van der Waals surface area contributed by atoms with E-state index in [2.05, 4.69) is 75.4 Å². The molecule has 2 aromatic rings. The number of aliphatic hydroxyl groups excluding tert-OH is 1. The molecule has 4 heteroatoms. The zero-order valence-electron chi connectivity index (χ0n) is 16.6. The summed E-state index contributed by atoms with van der Waals surface area (Å²) in [5, 5.41) is 10.3. The summed E-state index contributed by atoms with van der Waals surface area (Å²) in [6.45, 7) is 7.47. The first-order chi connectivity index (χ1) is 13.7. The Balaban J connectivity index is 1.24.